The summed E-state index contributed by atoms with van der Waals surface area (Å²) in [5.41, 5.74) is 5.69. The van der Waals surface area contributed by atoms with Gasteiger partial charge in [0.05, 0.1) is 13.2 Å². The fourth-order valence-electron chi connectivity index (χ4n) is 1.42. The maximum absolute atomic E-state index is 11.4. The van der Waals surface area contributed by atoms with Crippen molar-refractivity contribution in [1.82, 2.24) is 0 Å². The Morgan fingerprint density at radius 1 is 1.12 bits per heavy atom. The van der Waals surface area contributed by atoms with E-state index in [1.807, 2.05) is 13.8 Å². The Bertz CT molecular complexity index is 351. The van der Waals surface area contributed by atoms with Crippen LogP contribution in [0, 0.1) is 0 Å². The van der Waals surface area contributed by atoms with Crippen LogP contribution in [0.5, 0.6) is 11.5 Å². The molecule has 1 rings (SSSR count). The van der Waals surface area contributed by atoms with Gasteiger partial charge < -0.3 is 15.2 Å². The van der Waals surface area contributed by atoms with Crippen molar-refractivity contribution in [2.45, 2.75) is 26.7 Å². The molecule has 0 aliphatic heterocycles. The zero-order valence-electron chi connectivity index (χ0n) is 10.4. The quantitative estimate of drug-likeness (QED) is 0.791. The number of nitrogens with two attached hydrogens (primary N) is 1. The van der Waals surface area contributed by atoms with Crippen LogP contribution in [0.2, 0.25) is 0 Å². The minimum atomic E-state index is -0.525. The zero-order chi connectivity index (χ0) is 12.7. The van der Waals surface area contributed by atoms with Crippen LogP contribution in [0.15, 0.2) is 18.2 Å². The Balaban J connectivity index is 2.99. The molecule has 0 spiro atoms. The van der Waals surface area contributed by atoms with Gasteiger partial charge in [-0.15, -0.1) is 0 Å². The molecule has 0 saturated carbocycles. The molecule has 0 radical (unpaired) electrons. The van der Waals surface area contributed by atoms with Crippen molar-refractivity contribution in [3.8, 4) is 11.5 Å². The Morgan fingerprint density at radius 2 is 1.59 bits per heavy atom. The monoisotopic (exact) mass is 237 g/mol. The predicted molar refractivity (Wildman–Crippen MR) is 66.5 cm³/mol. The number of primary amides is 1. The molecule has 1 aromatic carbocycles. The molecule has 17 heavy (non-hydrogen) atoms. The second-order valence-corrected chi connectivity index (χ2v) is 3.69. The van der Waals surface area contributed by atoms with Crippen LogP contribution in [0.25, 0.3) is 0 Å². The second kappa shape index (κ2) is 6.78. The third-order valence-corrected chi connectivity index (χ3v) is 2.16. The highest BCUT2D eigenvalue weighted by Crippen LogP contribution is 2.28. The highest BCUT2D eigenvalue weighted by molar-refractivity contribution is 5.98. The number of amides is 1. The first kappa shape index (κ1) is 13.4. The topological polar surface area (TPSA) is 61.6 Å². The Kier molecular flexibility index (Phi) is 5.33. The zero-order valence-corrected chi connectivity index (χ0v) is 10.4. The third-order valence-electron chi connectivity index (χ3n) is 2.16. The minimum Gasteiger partial charge on any atom is -0.493 e. The van der Waals surface area contributed by atoms with E-state index in [-0.39, 0.29) is 0 Å². The highest BCUT2D eigenvalue weighted by Gasteiger charge is 2.15. The van der Waals surface area contributed by atoms with E-state index in [0.29, 0.717) is 30.3 Å². The average Bonchev–Trinajstić information content (AvgIpc) is 2.33. The molecule has 1 amide bonds. The first-order valence-corrected chi connectivity index (χ1v) is 5.89. The lowest BCUT2D eigenvalue weighted by molar-refractivity contribution is 0.0992. The summed E-state index contributed by atoms with van der Waals surface area (Å²) in [4.78, 5) is 11.4. The first-order valence-electron chi connectivity index (χ1n) is 5.89. The molecule has 1 aromatic rings. The molecule has 0 bridgehead atoms. The normalized spacial score (nSPS) is 10.0. The molecule has 4 nitrogen and oxygen atoms in total. The van der Waals surface area contributed by atoms with E-state index in [0.717, 1.165) is 12.8 Å². The van der Waals surface area contributed by atoms with Crippen molar-refractivity contribution < 1.29 is 14.3 Å². The number of ether oxygens (including phenoxy) is 2. The molecule has 0 fully saturated rings. The van der Waals surface area contributed by atoms with E-state index in [2.05, 4.69) is 0 Å². The van der Waals surface area contributed by atoms with Crippen LogP contribution in [-0.4, -0.2) is 19.1 Å². The van der Waals surface area contributed by atoms with Crippen LogP contribution in [0.3, 0.4) is 0 Å². The lowest BCUT2D eigenvalue weighted by Gasteiger charge is -2.13. The van der Waals surface area contributed by atoms with Gasteiger partial charge in [-0.1, -0.05) is 19.9 Å². The molecule has 0 saturated heterocycles. The number of benzene rings is 1. The molecule has 0 aliphatic carbocycles. The average molecular weight is 237 g/mol. The Morgan fingerprint density at radius 3 is 1.94 bits per heavy atom. The fourth-order valence-corrected chi connectivity index (χ4v) is 1.42. The summed E-state index contributed by atoms with van der Waals surface area (Å²) in [6.07, 6.45) is 1.75. The van der Waals surface area contributed by atoms with Gasteiger partial charge in [0.1, 0.15) is 17.1 Å². The van der Waals surface area contributed by atoms with Crippen molar-refractivity contribution in [3.63, 3.8) is 0 Å². The molecule has 0 heterocycles. The third kappa shape index (κ3) is 3.66. The molecule has 2 N–H and O–H groups in total. The fraction of sp³-hybridized carbons (Fsp3) is 0.462. The number of hydrogen-bond donors (Lipinski definition) is 1. The summed E-state index contributed by atoms with van der Waals surface area (Å²) < 4.78 is 11.0. The molecule has 94 valence electrons. The Labute approximate surface area is 102 Å². The van der Waals surface area contributed by atoms with Gasteiger partial charge in [0.2, 0.25) is 0 Å². The maximum Gasteiger partial charge on any atom is 0.256 e. The smallest absolute Gasteiger partial charge is 0.256 e. The second-order valence-electron chi connectivity index (χ2n) is 3.69. The van der Waals surface area contributed by atoms with Gasteiger partial charge >= 0.3 is 0 Å². The van der Waals surface area contributed by atoms with E-state index >= 15 is 0 Å². The lowest BCUT2D eigenvalue weighted by Crippen LogP contribution is -2.15. The Hall–Kier alpha value is -1.71. The van der Waals surface area contributed by atoms with E-state index in [1.54, 1.807) is 18.2 Å². The van der Waals surface area contributed by atoms with Crippen LogP contribution in [-0.2, 0) is 0 Å². The minimum absolute atomic E-state index is 0.328. The van der Waals surface area contributed by atoms with Crippen molar-refractivity contribution in [1.29, 1.82) is 0 Å². The van der Waals surface area contributed by atoms with Crippen LogP contribution >= 0.6 is 0 Å². The maximum atomic E-state index is 11.4. The summed E-state index contributed by atoms with van der Waals surface area (Å²) in [5, 5.41) is 0. The van der Waals surface area contributed by atoms with Gasteiger partial charge in [-0.05, 0) is 25.0 Å². The molecule has 4 heteroatoms. The van der Waals surface area contributed by atoms with Crippen molar-refractivity contribution >= 4 is 5.91 Å². The molecular weight excluding hydrogens is 218 g/mol. The summed E-state index contributed by atoms with van der Waals surface area (Å²) >= 11 is 0. The summed E-state index contributed by atoms with van der Waals surface area (Å²) in [6, 6.07) is 5.26. The van der Waals surface area contributed by atoms with E-state index in [4.69, 9.17) is 15.2 Å². The van der Waals surface area contributed by atoms with Crippen molar-refractivity contribution in [2.75, 3.05) is 13.2 Å². The van der Waals surface area contributed by atoms with E-state index in [1.165, 1.54) is 0 Å². The molecule has 0 atom stereocenters. The van der Waals surface area contributed by atoms with Crippen LogP contribution in [0.1, 0.15) is 37.0 Å². The molecule has 0 aromatic heterocycles. The molecule has 0 aliphatic rings. The summed E-state index contributed by atoms with van der Waals surface area (Å²) in [7, 11) is 0. The van der Waals surface area contributed by atoms with E-state index < -0.39 is 5.91 Å². The molecule has 0 unspecified atom stereocenters. The number of carbonyl (C=O) groups excluding carboxylic acids is 1. The van der Waals surface area contributed by atoms with E-state index in [9.17, 15) is 4.79 Å². The lowest BCUT2D eigenvalue weighted by atomic mass is 10.1. The van der Waals surface area contributed by atoms with Crippen LogP contribution < -0.4 is 15.2 Å². The summed E-state index contributed by atoms with van der Waals surface area (Å²) in [6.45, 7) is 5.11. The number of carbonyl (C=O) groups is 1. The van der Waals surface area contributed by atoms with Gasteiger partial charge in [-0.3, -0.25) is 4.79 Å². The van der Waals surface area contributed by atoms with Gasteiger partial charge in [0.15, 0.2) is 0 Å². The van der Waals surface area contributed by atoms with Crippen molar-refractivity contribution in [3.05, 3.63) is 23.8 Å². The largest absolute Gasteiger partial charge is 0.493 e. The number of rotatable bonds is 7. The predicted octanol–water partition coefficient (Wildman–Crippen LogP) is 2.36. The molecular formula is C13H19NO3. The SMILES string of the molecule is CCCOc1cccc(OCCC)c1C(N)=O. The van der Waals surface area contributed by atoms with Gasteiger partial charge in [-0.2, -0.15) is 0 Å². The van der Waals surface area contributed by atoms with Gasteiger partial charge in [0, 0.05) is 0 Å². The van der Waals surface area contributed by atoms with Gasteiger partial charge in [-0.25, -0.2) is 0 Å². The summed E-state index contributed by atoms with van der Waals surface area (Å²) in [5.74, 6) is 0.462. The number of hydrogen-bond acceptors (Lipinski definition) is 3. The first-order chi connectivity index (χ1) is 8.20. The van der Waals surface area contributed by atoms with Crippen molar-refractivity contribution in [2.24, 2.45) is 5.73 Å². The van der Waals surface area contributed by atoms with Crippen LogP contribution in [0.4, 0.5) is 0 Å². The van der Waals surface area contributed by atoms with Gasteiger partial charge in [0.25, 0.3) is 5.91 Å². The standard InChI is InChI=1S/C13H19NO3/c1-3-8-16-10-6-5-7-11(17-9-4-2)12(10)13(14)15/h5-7H,3-4,8-9H2,1-2H3,(H2,14,15). The highest BCUT2D eigenvalue weighted by atomic mass is 16.5.